The molecule has 0 unspecified atom stereocenters. The largest absolute Gasteiger partial charge is 0.863 e. The molecule has 60 heavy (non-hydrogen) atoms. The summed E-state index contributed by atoms with van der Waals surface area (Å²) in [4.78, 5) is 84.9. The maximum absolute atomic E-state index is 11.1. The number of nitro benzene ring substituents is 9. The normalized spacial score (nSPS) is 9.60. The Kier molecular flexibility index (Phi) is 23.7. The van der Waals surface area contributed by atoms with Crippen molar-refractivity contribution in [2.45, 2.75) is 0 Å². The molecular formula is C24H31N13O23. The number of quaternary nitrogens is 3. The molecule has 0 aliphatic rings. The van der Waals surface area contributed by atoms with Crippen molar-refractivity contribution in [3.05, 3.63) is 127 Å². The van der Waals surface area contributed by atoms with E-state index in [9.17, 15) is 106 Å². The minimum Gasteiger partial charge on any atom is -0.863 e. The van der Waals surface area contributed by atoms with E-state index >= 15 is 0 Å². The monoisotopic (exact) mass is 869 g/mol. The van der Waals surface area contributed by atoms with Crippen LogP contribution in [0.3, 0.4) is 0 Å². The topological polar surface area (TPSA) is 607 Å². The summed E-state index contributed by atoms with van der Waals surface area (Å²) in [7, 11) is 0. The van der Waals surface area contributed by atoms with Gasteiger partial charge in [0.1, 0.15) is 0 Å². The van der Waals surface area contributed by atoms with Gasteiger partial charge in [0.15, 0.2) is 0 Å². The lowest BCUT2D eigenvalue weighted by molar-refractivity contribution is -0.420. The zero-order chi connectivity index (χ0) is 45.2. The first-order valence-electron chi connectivity index (χ1n) is 14.8. The fraction of sp³-hybridized carbons (Fsp3) is 0.250. The molecule has 36 nitrogen and oxygen atoms in total. The van der Waals surface area contributed by atoms with E-state index in [-0.39, 0.29) is 11.0 Å². The highest BCUT2D eigenvalue weighted by Gasteiger charge is 2.26. The Bertz CT molecular complexity index is 1760. The van der Waals surface area contributed by atoms with E-state index in [0.29, 0.717) is 36.4 Å². The van der Waals surface area contributed by atoms with Crippen molar-refractivity contribution in [3.8, 4) is 17.2 Å². The maximum atomic E-state index is 11.1. The van der Waals surface area contributed by atoms with Crippen LogP contribution in [0.2, 0.25) is 0 Å². The van der Waals surface area contributed by atoms with Crippen molar-refractivity contribution >= 4 is 51.2 Å². The average Bonchev–Trinajstić information content (AvgIpc) is 3.12. The molecule has 0 aromatic heterocycles. The summed E-state index contributed by atoms with van der Waals surface area (Å²) in [5.74, 6) is -4.37. The summed E-state index contributed by atoms with van der Waals surface area (Å²) in [6, 6.07) is 2.31. The van der Waals surface area contributed by atoms with Gasteiger partial charge in [-0.25, -0.2) is 0 Å². The number of nitro groups is 9. The van der Waals surface area contributed by atoms with Gasteiger partial charge in [-0.3, -0.25) is 95.9 Å². The van der Waals surface area contributed by atoms with Gasteiger partial charge in [0.2, 0.25) is 0 Å². The fourth-order valence-corrected chi connectivity index (χ4v) is 3.89. The molecule has 0 amide bonds. The first-order chi connectivity index (χ1) is 26.9. The van der Waals surface area contributed by atoms with Crippen molar-refractivity contribution in [2.75, 3.05) is 39.3 Å². The molecule has 0 atom stereocenters. The van der Waals surface area contributed by atoms with Crippen LogP contribution in [0.15, 0.2) is 36.4 Å². The van der Waals surface area contributed by atoms with Gasteiger partial charge in [0.05, 0.1) is 118 Å². The van der Waals surface area contributed by atoms with Crippen molar-refractivity contribution < 1.29 is 87.8 Å². The van der Waals surface area contributed by atoms with Gasteiger partial charge in [-0.1, -0.05) is 0 Å². The first-order valence-corrected chi connectivity index (χ1v) is 14.8. The molecule has 0 bridgehead atoms. The van der Waals surface area contributed by atoms with Crippen LogP contribution in [0.25, 0.3) is 0 Å². The Balaban J connectivity index is -0.000000724. The number of rotatable bonds is 15. The molecular weight excluding hydrogens is 838 g/mol. The Morgan fingerprint density at radius 1 is 0.350 bits per heavy atom. The Labute approximate surface area is 328 Å². The standard InChI is InChI=1S/C6H18N4.3C6H3N3O7.2H2O/c7-1-4-10(5-2-8)6-3-9;3*10-6-4(8(13)14)1-3(7(11)12)2-5(6)9(15)16;;/h1-9H2;3*1-2,10H;2*1H2. The van der Waals surface area contributed by atoms with E-state index < -0.39 is 113 Å². The van der Waals surface area contributed by atoms with Crippen LogP contribution in [-0.2, 0) is 0 Å². The molecule has 0 heterocycles. The van der Waals surface area contributed by atoms with Crippen molar-refractivity contribution in [1.82, 2.24) is 4.90 Å². The van der Waals surface area contributed by atoms with Gasteiger partial charge < -0.3 is 43.5 Å². The van der Waals surface area contributed by atoms with E-state index in [0.717, 1.165) is 39.3 Å². The smallest absolute Gasteiger partial charge is 0.283 e. The van der Waals surface area contributed by atoms with E-state index in [1.54, 1.807) is 0 Å². The molecule has 3 aromatic rings. The van der Waals surface area contributed by atoms with E-state index in [1.807, 2.05) is 0 Å². The zero-order valence-corrected chi connectivity index (χ0v) is 29.9. The lowest BCUT2D eigenvalue weighted by Crippen LogP contribution is -2.61. The second-order valence-electron chi connectivity index (χ2n) is 10.2. The predicted octanol–water partition coefficient (Wildman–Crippen LogP) is -4.18. The molecule has 0 aliphatic heterocycles. The molecule has 0 aliphatic carbocycles. The van der Waals surface area contributed by atoms with Gasteiger partial charge >= 0.3 is 0 Å². The van der Waals surface area contributed by atoms with E-state index in [4.69, 9.17) is 0 Å². The predicted molar refractivity (Wildman–Crippen MR) is 184 cm³/mol. The van der Waals surface area contributed by atoms with Crippen molar-refractivity contribution in [2.24, 2.45) is 0 Å². The molecule has 3 rings (SSSR count). The average molecular weight is 870 g/mol. The molecule has 13 N–H and O–H groups in total. The van der Waals surface area contributed by atoms with Gasteiger partial charge in [-0.15, -0.1) is 0 Å². The number of hydrogen-bond acceptors (Lipinski definition) is 22. The van der Waals surface area contributed by atoms with Crippen LogP contribution >= 0.6 is 0 Å². The van der Waals surface area contributed by atoms with Gasteiger partial charge in [0.25, 0.3) is 51.2 Å². The van der Waals surface area contributed by atoms with Crippen LogP contribution in [0.4, 0.5) is 51.2 Å². The molecule has 330 valence electrons. The van der Waals surface area contributed by atoms with Crippen molar-refractivity contribution in [1.29, 1.82) is 0 Å². The van der Waals surface area contributed by atoms with Crippen LogP contribution in [-0.4, -0.2) is 99.4 Å². The zero-order valence-electron chi connectivity index (χ0n) is 29.9. The molecule has 0 spiro atoms. The SMILES string of the molecule is O.O.O=[N+]([O-])c1cc([N+](=O)[O-])c([O-])c([N+](=O)[O-])c1.O=[N+]([O-])c1cc([N+](=O)[O-])c([O-])c([N+](=O)[O-])c1.O=[N+]([O-])c1cc([N+](=O)[O-])c([O-])c([N+](=O)[O-])c1.[NH3+]CCN(CC[NH3+])CC[NH3+]. The van der Waals surface area contributed by atoms with E-state index in [1.165, 1.54) is 0 Å². The third kappa shape index (κ3) is 16.3. The molecule has 3 aromatic carbocycles. The lowest BCUT2D eigenvalue weighted by Gasteiger charge is -2.15. The molecule has 0 saturated carbocycles. The highest BCUT2D eigenvalue weighted by Crippen LogP contribution is 2.39. The number of non-ortho nitro benzene ring substituents is 3. The first kappa shape index (κ1) is 55.8. The van der Waals surface area contributed by atoms with Crippen molar-refractivity contribution in [3.63, 3.8) is 0 Å². The molecule has 36 heteroatoms. The van der Waals surface area contributed by atoms with Gasteiger partial charge in [-0.2, -0.15) is 0 Å². The summed E-state index contributed by atoms with van der Waals surface area (Å²) < 4.78 is 0. The quantitative estimate of drug-likeness (QED) is 0.0963. The minimum absolute atomic E-state index is 0. The summed E-state index contributed by atoms with van der Waals surface area (Å²) in [5, 5.41) is 126. The fourth-order valence-electron chi connectivity index (χ4n) is 3.89. The van der Waals surface area contributed by atoms with Crippen LogP contribution in [0.5, 0.6) is 17.2 Å². The minimum atomic E-state index is -1.46. The van der Waals surface area contributed by atoms with Gasteiger partial charge in [0, 0.05) is 19.6 Å². The van der Waals surface area contributed by atoms with Gasteiger partial charge in [-0.05, 0) is 0 Å². The second-order valence-corrected chi connectivity index (χ2v) is 10.2. The third-order valence-corrected chi connectivity index (χ3v) is 6.34. The van der Waals surface area contributed by atoms with E-state index in [2.05, 4.69) is 22.1 Å². The summed E-state index contributed by atoms with van der Waals surface area (Å²) in [5.41, 5.74) is 1.63. The van der Waals surface area contributed by atoms with Crippen LogP contribution in [0.1, 0.15) is 0 Å². The second kappa shape index (κ2) is 25.6. The Morgan fingerprint density at radius 3 is 0.600 bits per heavy atom. The molecule has 0 radical (unpaired) electrons. The molecule has 0 fully saturated rings. The highest BCUT2D eigenvalue weighted by molar-refractivity contribution is 5.65. The number of benzene rings is 3. The summed E-state index contributed by atoms with van der Waals surface area (Å²) in [6.07, 6.45) is 0. The Hall–Kier alpha value is -8.58. The Morgan fingerprint density at radius 2 is 0.500 bits per heavy atom. The number of nitrogens with zero attached hydrogens (tertiary/aromatic N) is 10. The maximum Gasteiger partial charge on any atom is 0.283 e. The summed E-state index contributed by atoms with van der Waals surface area (Å²) in [6.45, 7) is 6.22. The third-order valence-electron chi connectivity index (χ3n) is 6.34. The highest BCUT2D eigenvalue weighted by atomic mass is 16.7. The summed E-state index contributed by atoms with van der Waals surface area (Å²) >= 11 is 0. The van der Waals surface area contributed by atoms with Crippen LogP contribution < -0.4 is 32.5 Å². The lowest BCUT2D eigenvalue weighted by atomic mass is 10.2. The molecule has 0 saturated heterocycles. The number of hydrogen-bond donors (Lipinski definition) is 3. The van der Waals surface area contributed by atoms with Crippen LogP contribution in [0, 0.1) is 91.0 Å².